The summed E-state index contributed by atoms with van der Waals surface area (Å²) < 4.78 is 2.85. The Kier molecular flexibility index (Phi) is 4.20. The summed E-state index contributed by atoms with van der Waals surface area (Å²) in [6.07, 6.45) is 1.79. The van der Waals surface area contributed by atoms with Crippen LogP contribution >= 0.6 is 11.3 Å². The molecular weight excluding hydrogens is 396 g/mol. The lowest BCUT2D eigenvalue weighted by molar-refractivity contribution is 0.777. The topological polar surface area (TPSA) is 93.9 Å². The Morgan fingerprint density at radius 2 is 2.03 bits per heavy atom. The number of aromatic amines is 1. The van der Waals surface area contributed by atoms with Gasteiger partial charge in [-0.25, -0.2) is 9.94 Å². The summed E-state index contributed by atoms with van der Waals surface area (Å²) in [7, 11) is 1.87. The lowest BCUT2D eigenvalue weighted by atomic mass is 10.0. The van der Waals surface area contributed by atoms with Crippen molar-refractivity contribution in [1.29, 1.82) is 0 Å². The smallest absolute Gasteiger partial charge is 0.272 e. The highest BCUT2D eigenvalue weighted by Crippen LogP contribution is 2.47. The minimum Gasteiger partial charge on any atom is -0.325 e. The lowest BCUT2D eigenvalue weighted by Crippen LogP contribution is -2.13. The second-order valence-corrected chi connectivity index (χ2v) is 7.93. The van der Waals surface area contributed by atoms with E-state index in [1.54, 1.807) is 28.3 Å². The van der Waals surface area contributed by atoms with Gasteiger partial charge in [0.05, 0.1) is 34.4 Å². The second-order valence-electron chi connectivity index (χ2n) is 6.88. The van der Waals surface area contributed by atoms with E-state index >= 15 is 0 Å². The van der Waals surface area contributed by atoms with Crippen LogP contribution < -0.4 is 11.3 Å². The van der Waals surface area contributed by atoms with Crippen LogP contribution in [0.4, 0.5) is 5.69 Å². The molecule has 5 aromatic rings. The Bertz CT molecular complexity index is 1540. The van der Waals surface area contributed by atoms with Crippen molar-refractivity contribution in [3.8, 4) is 21.7 Å². The third-order valence-electron chi connectivity index (χ3n) is 5.21. The van der Waals surface area contributed by atoms with Gasteiger partial charge in [0.2, 0.25) is 5.69 Å². The first-order valence-electron chi connectivity index (χ1n) is 9.25. The van der Waals surface area contributed by atoms with E-state index in [-0.39, 0.29) is 12.1 Å². The van der Waals surface area contributed by atoms with E-state index in [2.05, 4.69) is 20.1 Å². The highest BCUT2D eigenvalue weighted by Gasteiger charge is 2.21. The van der Waals surface area contributed by atoms with Gasteiger partial charge in [-0.2, -0.15) is 10.2 Å². The first kappa shape index (κ1) is 18.2. The van der Waals surface area contributed by atoms with Crippen LogP contribution in [0.5, 0.6) is 0 Å². The molecule has 146 valence electrons. The quantitative estimate of drug-likeness (QED) is 0.434. The molecule has 0 bridgehead atoms. The summed E-state index contributed by atoms with van der Waals surface area (Å²) in [5.74, 6) is 0. The van der Waals surface area contributed by atoms with E-state index in [1.165, 1.54) is 0 Å². The van der Waals surface area contributed by atoms with Gasteiger partial charge in [0.1, 0.15) is 0 Å². The van der Waals surface area contributed by atoms with Crippen molar-refractivity contribution in [2.45, 2.75) is 6.54 Å². The third kappa shape index (κ3) is 2.64. The Hall–Kier alpha value is -3.80. The monoisotopic (exact) mass is 412 g/mol. The number of hydrogen-bond acceptors (Lipinski definition) is 5. The van der Waals surface area contributed by atoms with Crippen molar-refractivity contribution in [2.24, 2.45) is 12.8 Å². The van der Waals surface area contributed by atoms with Gasteiger partial charge in [-0.1, -0.05) is 24.3 Å². The number of nitrogens with two attached hydrogens (primary N) is 1. The SMILES string of the molecule is [C-]#[N+]c1c(-c2c(-c3ccc4c(=O)[nH]nc(CN)c4c3)cnn2C)sc2ccccc12. The van der Waals surface area contributed by atoms with Gasteiger partial charge in [0, 0.05) is 29.2 Å². The first-order valence-corrected chi connectivity index (χ1v) is 10.1. The summed E-state index contributed by atoms with van der Waals surface area (Å²) in [6, 6.07) is 13.5. The van der Waals surface area contributed by atoms with E-state index in [0.29, 0.717) is 16.8 Å². The van der Waals surface area contributed by atoms with Gasteiger partial charge < -0.3 is 5.73 Å². The molecule has 0 aliphatic carbocycles. The van der Waals surface area contributed by atoms with Crippen molar-refractivity contribution < 1.29 is 0 Å². The number of aromatic nitrogens is 4. The zero-order valence-corrected chi connectivity index (χ0v) is 16.8. The summed E-state index contributed by atoms with van der Waals surface area (Å²) in [4.78, 5) is 16.9. The Morgan fingerprint density at radius 3 is 2.83 bits per heavy atom. The normalized spacial score (nSPS) is 11.2. The average Bonchev–Trinajstić information content (AvgIpc) is 3.33. The van der Waals surface area contributed by atoms with Crippen LogP contribution in [0.1, 0.15) is 5.69 Å². The molecule has 5 rings (SSSR count). The molecule has 30 heavy (non-hydrogen) atoms. The summed E-state index contributed by atoms with van der Waals surface area (Å²) in [5, 5.41) is 13.2. The number of benzene rings is 2. The van der Waals surface area contributed by atoms with Gasteiger partial charge in [-0.05, 0) is 29.1 Å². The van der Waals surface area contributed by atoms with Crippen LogP contribution in [-0.4, -0.2) is 20.0 Å². The summed E-state index contributed by atoms with van der Waals surface area (Å²) in [6.45, 7) is 7.97. The fourth-order valence-corrected chi connectivity index (χ4v) is 5.00. The van der Waals surface area contributed by atoms with E-state index in [1.807, 2.05) is 43.4 Å². The van der Waals surface area contributed by atoms with Crippen molar-refractivity contribution >= 4 is 37.9 Å². The van der Waals surface area contributed by atoms with Gasteiger partial charge in [0.25, 0.3) is 5.56 Å². The fourth-order valence-electron chi connectivity index (χ4n) is 3.76. The van der Waals surface area contributed by atoms with E-state index in [9.17, 15) is 4.79 Å². The molecule has 0 spiro atoms. The predicted molar refractivity (Wildman–Crippen MR) is 120 cm³/mol. The van der Waals surface area contributed by atoms with E-state index < -0.39 is 0 Å². The highest BCUT2D eigenvalue weighted by atomic mass is 32.1. The average molecular weight is 412 g/mol. The third-order valence-corrected chi connectivity index (χ3v) is 6.37. The van der Waals surface area contributed by atoms with Crippen molar-refractivity contribution in [3.63, 3.8) is 0 Å². The van der Waals surface area contributed by atoms with Crippen LogP contribution in [0.2, 0.25) is 0 Å². The number of fused-ring (bicyclic) bond motifs is 2. The lowest BCUT2D eigenvalue weighted by Gasteiger charge is -2.08. The molecule has 0 aliphatic heterocycles. The molecular formula is C22H16N6OS. The van der Waals surface area contributed by atoms with Crippen LogP contribution in [0, 0.1) is 6.57 Å². The van der Waals surface area contributed by atoms with Gasteiger partial charge in [0.15, 0.2) is 0 Å². The molecule has 0 atom stereocenters. The number of nitrogens with one attached hydrogen (secondary N) is 1. The number of hydrogen-bond donors (Lipinski definition) is 2. The van der Waals surface area contributed by atoms with Gasteiger partial charge >= 0.3 is 0 Å². The molecule has 8 heteroatoms. The summed E-state index contributed by atoms with van der Waals surface area (Å²) in [5.41, 5.74) is 9.48. The Morgan fingerprint density at radius 1 is 1.20 bits per heavy atom. The largest absolute Gasteiger partial charge is 0.325 e. The number of aryl methyl sites for hydroxylation is 1. The molecule has 3 N–H and O–H groups in total. The van der Waals surface area contributed by atoms with Crippen LogP contribution in [0.3, 0.4) is 0 Å². The number of rotatable bonds is 3. The Balaban J connectivity index is 1.79. The second kappa shape index (κ2) is 6.91. The molecule has 3 aromatic heterocycles. The summed E-state index contributed by atoms with van der Waals surface area (Å²) >= 11 is 1.58. The fraction of sp³-hybridized carbons (Fsp3) is 0.0909. The minimum absolute atomic E-state index is 0.217. The maximum atomic E-state index is 12.2. The Labute approximate surface area is 175 Å². The maximum Gasteiger partial charge on any atom is 0.272 e. The molecule has 0 unspecified atom stereocenters. The zero-order chi connectivity index (χ0) is 20.8. The molecule has 0 radical (unpaired) electrons. The van der Waals surface area contributed by atoms with Crippen molar-refractivity contribution in [2.75, 3.05) is 0 Å². The maximum absolute atomic E-state index is 12.2. The molecule has 0 saturated carbocycles. The zero-order valence-electron chi connectivity index (χ0n) is 16.0. The predicted octanol–water partition coefficient (Wildman–Crippen LogP) is 4.21. The first-order chi connectivity index (χ1) is 14.6. The highest BCUT2D eigenvalue weighted by molar-refractivity contribution is 7.23. The van der Waals surface area contributed by atoms with Crippen LogP contribution in [0.15, 0.2) is 53.5 Å². The number of H-pyrrole nitrogens is 1. The molecule has 7 nitrogen and oxygen atoms in total. The van der Waals surface area contributed by atoms with E-state index in [4.69, 9.17) is 12.3 Å². The van der Waals surface area contributed by atoms with Crippen LogP contribution in [0.25, 0.3) is 47.4 Å². The molecule has 0 saturated heterocycles. The van der Waals surface area contributed by atoms with Gasteiger partial charge in [-0.15, -0.1) is 11.3 Å². The molecule has 3 heterocycles. The molecule has 0 aliphatic rings. The molecule has 0 fully saturated rings. The van der Waals surface area contributed by atoms with Crippen LogP contribution in [-0.2, 0) is 13.6 Å². The number of nitrogens with zero attached hydrogens (tertiary/aromatic N) is 4. The van der Waals surface area contributed by atoms with Crippen molar-refractivity contribution in [1.82, 2.24) is 20.0 Å². The van der Waals surface area contributed by atoms with E-state index in [0.717, 1.165) is 37.2 Å². The molecule has 0 amide bonds. The minimum atomic E-state index is -0.250. The standard InChI is InChI=1S/C22H16N6OS/c1-24-19-14-5-3-4-6-18(14)30-21(19)20-16(11-25-28(20)2)12-7-8-13-15(9-12)17(10-23)26-27-22(13)29/h3-9,11H,10,23H2,2H3,(H,27,29). The molecule has 2 aromatic carbocycles. The van der Waals surface area contributed by atoms with Gasteiger partial charge in [-0.3, -0.25) is 9.48 Å². The van der Waals surface area contributed by atoms with Crippen molar-refractivity contribution in [3.05, 3.63) is 76.1 Å². The number of thiophene rings is 1.